The van der Waals surface area contributed by atoms with E-state index in [2.05, 4.69) is 18.7 Å². The van der Waals surface area contributed by atoms with E-state index in [1.807, 2.05) is 13.0 Å². The molecule has 1 aliphatic carbocycles. The van der Waals surface area contributed by atoms with E-state index in [-0.39, 0.29) is 17.9 Å². The number of nitrogens with two attached hydrogens (primary N) is 1. The highest BCUT2D eigenvalue weighted by Gasteiger charge is 2.21. The van der Waals surface area contributed by atoms with Crippen LogP contribution in [-0.2, 0) is 22.4 Å². The van der Waals surface area contributed by atoms with Gasteiger partial charge >= 0.3 is 5.97 Å². The summed E-state index contributed by atoms with van der Waals surface area (Å²) in [6.07, 6.45) is 4.59. The maximum Gasteiger partial charge on any atom is 0.317 e. The first kappa shape index (κ1) is 13.8. The lowest BCUT2D eigenvalue weighted by atomic mass is 9.85. The van der Waals surface area contributed by atoms with Crippen LogP contribution < -0.4 is 5.73 Å². The summed E-state index contributed by atoms with van der Waals surface area (Å²) in [6, 6.07) is 6.41. The van der Waals surface area contributed by atoms with Crippen LogP contribution in [0.15, 0.2) is 30.9 Å². The van der Waals surface area contributed by atoms with E-state index >= 15 is 0 Å². The minimum atomic E-state index is -0.386. The van der Waals surface area contributed by atoms with Gasteiger partial charge in [-0.15, -0.1) is 6.58 Å². The second-order valence-corrected chi connectivity index (χ2v) is 5.00. The minimum Gasteiger partial charge on any atom is -0.465 e. The number of carbonyl (C=O) groups excluding carboxylic acids is 1. The van der Waals surface area contributed by atoms with Crippen LogP contribution in [0, 0.1) is 0 Å². The van der Waals surface area contributed by atoms with E-state index in [1.54, 1.807) is 6.08 Å². The van der Waals surface area contributed by atoms with Crippen molar-refractivity contribution in [3.05, 3.63) is 47.5 Å². The van der Waals surface area contributed by atoms with Gasteiger partial charge in [0.25, 0.3) is 0 Å². The number of fused-ring (bicyclic) bond motifs is 1. The molecule has 0 aromatic heterocycles. The number of benzene rings is 1. The Morgan fingerprint density at radius 3 is 3.05 bits per heavy atom. The van der Waals surface area contributed by atoms with Gasteiger partial charge in [-0.2, -0.15) is 0 Å². The van der Waals surface area contributed by atoms with Gasteiger partial charge in [-0.3, -0.25) is 4.79 Å². The standard InChI is InChI=1S/C16H21NO2/c1-3-15(16(18)19-4-2)12-6-5-11-7-8-14(17)10-13(11)9-12/h3,5-6,9,14-15H,1,4,7-8,10,17H2,2H3. The van der Waals surface area contributed by atoms with Gasteiger partial charge in [0.1, 0.15) is 0 Å². The van der Waals surface area contributed by atoms with E-state index in [0.29, 0.717) is 6.61 Å². The topological polar surface area (TPSA) is 52.3 Å². The molecule has 0 spiro atoms. The van der Waals surface area contributed by atoms with Crippen LogP contribution in [0.5, 0.6) is 0 Å². The van der Waals surface area contributed by atoms with Gasteiger partial charge in [0, 0.05) is 6.04 Å². The molecule has 0 radical (unpaired) electrons. The molecule has 0 heterocycles. The summed E-state index contributed by atoms with van der Waals surface area (Å²) < 4.78 is 5.08. The fourth-order valence-corrected chi connectivity index (χ4v) is 2.60. The Labute approximate surface area is 114 Å². The lowest BCUT2D eigenvalue weighted by Crippen LogP contribution is -2.28. The molecule has 0 fully saturated rings. The summed E-state index contributed by atoms with van der Waals surface area (Å²) in [4.78, 5) is 11.9. The van der Waals surface area contributed by atoms with Crippen molar-refractivity contribution in [2.75, 3.05) is 6.61 Å². The summed E-state index contributed by atoms with van der Waals surface area (Å²) in [5.74, 6) is -0.624. The second kappa shape index (κ2) is 6.02. The molecule has 102 valence electrons. The molecule has 0 aliphatic heterocycles. The van der Waals surface area contributed by atoms with Gasteiger partial charge in [-0.1, -0.05) is 24.3 Å². The first-order valence-corrected chi connectivity index (χ1v) is 6.82. The van der Waals surface area contributed by atoms with Gasteiger partial charge in [0.2, 0.25) is 0 Å². The van der Waals surface area contributed by atoms with Gasteiger partial charge < -0.3 is 10.5 Å². The number of hydrogen-bond acceptors (Lipinski definition) is 3. The average molecular weight is 259 g/mol. The molecule has 2 atom stereocenters. The molecule has 0 amide bonds. The van der Waals surface area contributed by atoms with Crippen molar-refractivity contribution in [3.63, 3.8) is 0 Å². The summed E-state index contributed by atoms with van der Waals surface area (Å²) in [6.45, 7) is 5.94. The molecule has 3 nitrogen and oxygen atoms in total. The zero-order chi connectivity index (χ0) is 13.8. The van der Waals surface area contributed by atoms with E-state index in [1.165, 1.54) is 11.1 Å². The number of aryl methyl sites for hydroxylation is 1. The molecule has 1 aromatic rings. The highest BCUT2D eigenvalue weighted by Crippen LogP contribution is 2.26. The fourth-order valence-electron chi connectivity index (χ4n) is 2.60. The van der Waals surface area contributed by atoms with Crippen LogP contribution in [0.2, 0.25) is 0 Å². The molecule has 2 rings (SSSR count). The van der Waals surface area contributed by atoms with Crippen molar-refractivity contribution < 1.29 is 9.53 Å². The van der Waals surface area contributed by atoms with Crippen LogP contribution in [0.1, 0.15) is 36.0 Å². The number of rotatable bonds is 4. The normalized spacial score (nSPS) is 19.4. The molecular formula is C16H21NO2. The monoisotopic (exact) mass is 259 g/mol. The number of hydrogen-bond donors (Lipinski definition) is 1. The summed E-state index contributed by atoms with van der Waals surface area (Å²) in [5, 5.41) is 0. The van der Waals surface area contributed by atoms with E-state index in [0.717, 1.165) is 24.8 Å². The lowest BCUT2D eigenvalue weighted by Gasteiger charge is -2.23. The quantitative estimate of drug-likeness (QED) is 0.667. The Morgan fingerprint density at radius 1 is 1.58 bits per heavy atom. The third-order valence-electron chi connectivity index (χ3n) is 3.63. The predicted molar refractivity (Wildman–Crippen MR) is 76.0 cm³/mol. The molecule has 3 heteroatoms. The highest BCUT2D eigenvalue weighted by atomic mass is 16.5. The average Bonchev–Trinajstić information content (AvgIpc) is 2.39. The summed E-state index contributed by atoms with van der Waals surface area (Å²) >= 11 is 0. The third kappa shape index (κ3) is 3.04. The third-order valence-corrected chi connectivity index (χ3v) is 3.63. The van der Waals surface area contributed by atoms with Crippen molar-refractivity contribution in [1.29, 1.82) is 0 Å². The fraction of sp³-hybridized carbons (Fsp3) is 0.438. The molecule has 2 unspecified atom stereocenters. The van der Waals surface area contributed by atoms with Crippen LogP contribution in [0.3, 0.4) is 0 Å². The summed E-state index contributed by atoms with van der Waals surface area (Å²) in [7, 11) is 0. The van der Waals surface area contributed by atoms with Gasteiger partial charge in [-0.25, -0.2) is 0 Å². The minimum absolute atomic E-state index is 0.229. The first-order chi connectivity index (χ1) is 9.15. The van der Waals surface area contributed by atoms with Crippen LogP contribution in [0.25, 0.3) is 0 Å². The van der Waals surface area contributed by atoms with Gasteiger partial charge in [0.05, 0.1) is 12.5 Å². The zero-order valence-electron chi connectivity index (χ0n) is 11.4. The van der Waals surface area contributed by atoms with Crippen molar-refractivity contribution in [3.8, 4) is 0 Å². The SMILES string of the molecule is C=CC(C(=O)OCC)c1ccc2c(c1)CC(N)CC2. The molecule has 0 saturated heterocycles. The van der Waals surface area contributed by atoms with Crippen LogP contribution in [0.4, 0.5) is 0 Å². The summed E-state index contributed by atoms with van der Waals surface area (Å²) in [5.41, 5.74) is 9.55. The number of esters is 1. The maximum atomic E-state index is 11.9. The van der Waals surface area contributed by atoms with Crippen LogP contribution >= 0.6 is 0 Å². The van der Waals surface area contributed by atoms with Crippen molar-refractivity contribution in [2.24, 2.45) is 5.73 Å². The smallest absolute Gasteiger partial charge is 0.317 e. The molecule has 1 aliphatic rings. The number of carbonyl (C=O) groups is 1. The van der Waals surface area contributed by atoms with Crippen molar-refractivity contribution in [1.82, 2.24) is 0 Å². The van der Waals surface area contributed by atoms with Gasteiger partial charge in [-0.05, 0) is 42.9 Å². The zero-order valence-corrected chi connectivity index (χ0v) is 11.4. The molecule has 1 aromatic carbocycles. The highest BCUT2D eigenvalue weighted by molar-refractivity contribution is 5.80. The maximum absolute atomic E-state index is 11.9. The number of ether oxygens (including phenoxy) is 1. The molecule has 0 saturated carbocycles. The molecule has 0 bridgehead atoms. The van der Waals surface area contributed by atoms with E-state index in [4.69, 9.17) is 10.5 Å². The second-order valence-electron chi connectivity index (χ2n) is 5.00. The first-order valence-electron chi connectivity index (χ1n) is 6.82. The largest absolute Gasteiger partial charge is 0.465 e. The van der Waals surface area contributed by atoms with Crippen LogP contribution in [-0.4, -0.2) is 18.6 Å². The van der Waals surface area contributed by atoms with E-state index < -0.39 is 0 Å². The van der Waals surface area contributed by atoms with Gasteiger partial charge in [0.15, 0.2) is 0 Å². The molecule has 19 heavy (non-hydrogen) atoms. The molecule has 2 N–H and O–H groups in total. The van der Waals surface area contributed by atoms with Crippen molar-refractivity contribution in [2.45, 2.75) is 38.1 Å². The predicted octanol–water partition coefficient (Wildman–Crippen LogP) is 2.34. The Bertz CT molecular complexity index is 482. The van der Waals surface area contributed by atoms with E-state index in [9.17, 15) is 4.79 Å². The Balaban J connectivity index is 2.27. The Morgan fingerprint density at radius 2 is 2.37 bits per heavy atom. The van der Waals surface area contributed by atoms with Crippen molar-refractivity contribution >= 4 is 5.97 Å². The Hall–Kier alpha value is -1.61. The lowest BCUT2D eigenvalue weighted by molar-refractivity contribution is -0.143. The Kier molecular flexibility index (Phi) is 4.38. The molecular weight excluding hydrogens is 238 g/mol.